The number of halogens is 2. The summed E-state index contributed by atoms with van der Waals surface area (Å²) in [5.74, 6) is -1.07. The molecule has 1 unspecified atom stereocenters. The molecule has 1 aliphatic heterocycles. The minimum absolute atomic E-state index is 0.342. The Balaban J connectivity index is 1.90. The van der Waals surface area contributed by atoms with Gasteiger partial charge in [0.15, 0.2) is 5.17 Å². The van der Waals surface area contributed by atoms with E-state index < -0.39 is 11.6 Å². The number of nitrogens with zero attached hydrogens (tertiary/aromatic N) is 1. The van der Waals surface area contributed by atoms with Crippen LogP contribution >= 0.6 is 11.8 Å². The van der Waals surface area contributed by atoms with Crippen LogP contribution < -0.4 is 5.32 Å². The highest BCUT2D eigenvalue weighted by Crippen LogP contribution is 2.22. The fourth-order valence-electron chi connectivity index (χ4n) is 1.56. The van der Waals surface area contributed by atoms with Crippen LogP contribution in [-0.4, -0.2) is 17.0 Å². The highest BCUT2D eigenvalue weighted by Gasteiger charge is 2.17. The van der Waals surface area contributed by atoms with Gasteiger partial charge in [0.1, 0.15) is 11.6 Å². The van der Waals surface area contributed by atoms with Gasteiger partial charge in [-0.25, -0.2) is 8.78 Å². The van der Waals surface area contributed by atoms with Crippen molar-refractivity contribution in [3.05, 3.63) is 35.4 Å². The second-order valence-electron chi connectivity index (χ2n) is 3.88. The van der Waals surface area contributed by atoms with Gasteiger partial charge in [-0.2, -0.15) is 0 Å². The highest BCUT2D eigenvalue weighted by molar-refractivity contribution is 8.14. The molecule has 92 valence electrons. The molecule has 0 radical (unpaired) electrons. The summed E-state index contributed by atoms with van der Waals surface area (Å²) in [5, 5.41) is 4.44. The van der Waals surface area contributed by atoms with E-state index in [1.807, 2.05) is 0 Å². The maximum Gasteiger partial charge on any atom is 0.157 e. The van der Waals surface area contributed by atoms with Crippen LogP contribution in [-0.2, 0) is 6.54 Å². The zero-order valence-corrected chi connectivity index (χ0v) is 10.4. The number of benzene rings is 1. The summed E-state index contributed by atoms with van der Waals surface area (Å²) in [5.41, 5.74) is 0.453. The average molecular weight is 256 g/mol. The molecule has 1 atom stereocenters. The van der Waals surface area contributed by atoms with Crippen LogP contribution in [0.3, 0.4) is 0 Å². The van der Waals surface area contributed by atoms with Gasteiger partial charge in [0.25, 0.3) is 0 Å². The van der Waals surface area contributed by atoms with Gasteiger partial charge >= 0.3 is 0 Å². The molecule has 1 N–H and O–H groups in total. The van der Waals surface area contributed by atoms with E-state index >= 15 is 0 Å². The molecule has 5 heteroatoms. The van der Waals surface area contributed by atoms with E-state index in [0.717, 1.165) is 24.2 Å². The van der Waals surface area contributed by atoms with E-state index in [-0.39, 0.29) is 0 Å². The molecule has 0 saturated carbocycles. The molecular weight excluding hydrogens is 242 g/mol. The van der Waals surface area contributed by atoms with Gasteiger partial charge in [0, 0.05) is 23.4 Å². The van der Waals surface area contributed by atoms with Crippen LogP contribution in [0.15, 0.2) is 23.2 Å². The summed E-state index contributed by atoms with van der Waals surface area (Å²) in [6, 6.07) is 3.61. The Labute approximate surface area is 104 Å². The molecule has 1 aromatic rings. The Morgan fingerprint density at radius 2 is 2.29 bits per heavy atom. The fraction of sp³-hybridized carbons (Fsp3) is 0.417. The Morgan fingerprint density at radius 1 is 1.47 bits per heavy atom. The Kier molecular flexibility index (Phi) is 3.99. The average Bonchev–Trinajstić information content (AvgIpc) is 2.76. The van der Waals surface area contributed by atoms with E-state index in [2.05, 4.69) is 17.2 Å². The molecule has 17 heavy (non-hydrogen) atoms. The lowest BCUT2D eigenvalue weighted by Crippen LogP contribution is -2.19. The van der Waals surface area contributed by atoms with Crippen molar-refractivity contribution in [2.24, 2.45) is 4.99 Å². The van der Waals surface area contributed by atoms with Gasteiger partial charge in [0.05, 0.1) is 6.54 Å². The maximum atomic E-state index is 13.3. The first-order valence-corrected chi connectivity index (χ1v) is 6.46. The zero-order chi connectivity index (χ0) is 12.3. The first-order chi connectivity index (χ1) is 8.19. The van der Waals surface area contributed by atoms with Crippen molar-refractivity contribution < 1.29 is 8.78 Å². The number of rotatable bonds is 3. The van der Waals surface area contributed by atoms with Crippen molar-refractivity contribution in [3.8, 4) is 0 Å². The van der Waals surface area contributed by atoms with Gasteiger partial charge in [-0.3, -0.25) is 4.99 Å². The van der Waals surface area contributed by atoms with Gasteiger partial charge in [-0.15, -0.1) is 0 Å². The molecule has 0 aliphatic carbocycles. The van der Waals surface area contributed by atoms with E-state index in [0.29, 0.717) is 17.4 Å². The lowest BCUT2D eigenvalue weighted by Gasteiger charge is -2.07. The predicted molar refractivity (Wildman–Crippen MR) is 67.2 cm³/mol. The van der Waals surface area contributed by atoms with Crippen LogP contribution in [0.1, 0.15) is 18.9 Å². The largest absolute Gasteiger partial charge is 0.361 e. The monoisotopic (exact) mass is 256 g/mol. The second-order valence-corrected chi connectivity index (χ2v) is 5.17. The van der Waals surface area contributed by atoms with Crippen LogP contribution in [0.25, 0.3) is 0 Å². The smallest absolute Gasteiger partial charge is 0.157 e. The standard InChI is InChI=1S/C12H14F2N2S/c1-2-10-7-16-12(17-10)15-6-8-3-4-9(13)5-11(8)14/h3-5,10H,2,6-7H2,1H3,(H,15,16). The molecule has 1 aromatic carbocycles. The van der Waals surface area contributed by atoms with Gasteiger partial charge in [0.2, 0.25) is 0 Å². The third-order valence-corrected chi connectivity index (χ3v) is 3.93. The topological polar surface area (TPSA) is 24.4 Å². The van der Waals surface area contributed by atoms with Crippen molar-refractivity contribution in [3.63, 3.8) is 0 Å². The van der Waals surface area contributed by atoms with Crippen LogP contribution in [0.2, 0.25) is 0 Å². The fourth-order valence-corrected chi connectivity index (χ4v) is 2.50. The lowest BCUT2D eigenvalue weighted by molar-refractivity contribution is 0.570. The summed E-state index contributed by atoms with van der Waals surface area (Å²) in [7, 11) is 0. The quantitative estimate of drug-likeness (QED) is 0.899. The van der Waals surface area contributed by atoms with Crippen LogP contribution in [0, 0.1) is 11.6 Å². The molecule has 0 aromatic heterocycles. The Hall–Kier alpha value is -1.10. The predicted octanol–water partition coefficient (Wildman–Crippen LogP) is 2.94. The second kappa shape index (κ2) is 5.49. The van der Waals surface area contributed by atoms with Crippen molar-refractivity contribution in [1.29, 1.82) is 0 Å². The number of hydrogen-bond acceptors (Lipinski definition) is 3. The zero-order valence-electron chi connectivity index (χ0n) is 9.54. The third-order valence-electron chi connectivity index (χ3n) is 2.62. The molecule has 0 saturated heterocycles. The summed E-state index contributed by atoms with van der Waals surface area (Å²) in [6.45, 7) is 3.28. The molecule has 0 spiro atoms. The number of amidine groups is 1. The normalized spacial score (nSPS) is 19.2. The van der Waals surface area contributed by atoms with E-state index in [1.54, 1.807) is 11.8 Å². The van der Waals surface area contributed by atoms with E-state index in [1.165, 1.54) is 12.1 Å². The SMILES string of the molecule is CCC1CN=C(NCc2ccc(F)cc2F)S1. The Bertz CT molecular complexity index is 435. The lowest BCUT2D eigenvalue weighted by atomic mass is 10.2. The van der Waals surface area contributed by atoms with E-state index in [9.17, 15) is 8.78 Å². The van der Waals surface area contributed by atoms with Crippen molar-refractivity contribution in [2.75, 3.05) is 6.54 Å². The van der Waals surface area contributed by atoms with Crippen molar-refractivity contribution in [2.45, 2.75) is 25.1 Å². The first-order valence-electron chi connectivity index (χ1n) is 5.58. The molecule has 1 aliphatic rings. The third kappa shape index (κ3) is 3.19. The number of thioether (sulfide) groups is 1. The van der Waals surface area contributed by atoms with Crippen LogP contribution in [0.4, 0.5) is 8.78 Å². The number of hydrogen-bond donors (Lipinski definition) is 1. The summed E-state index contributed by atoms with van der Waals surface area (Å²) in [6.07, 6.45) is 1.07. The van der Waals surface area contributed by atoms with Gasteiger partial charge < -0.3 is 5.32 Å². The van der Waals surface area contributed by atoms with Crippen molar-refractivity contribution >= 4 is 16.9 Å². The number of aliphatic imine (C=N–C) groups is 1. The minimum Gasteiger partial charge on any atom is -0.361 e. The molecule has 0 fully saturated rings. The molecule has 1 heterocycles. The Morgan fingerprint density at radius 3 is 2.94 bits per heavy atom. The molecule has 2 rings (SSSR count). The molecule has 2 nitrogen and oxygen atoms in total. The maximum absolute atomic E-state index is 13.3. The minimum atomic E-state index is -0.551. The highest BCUT2D eigenvalue weighted by atomic mass is 32.2. The molecular formula is C12H14F2N2S. The number of nitrogens with one attached hydrogen (secondary N) is 1. The molecule has 0 bridgehead atoms. The summed E-state index contributed by atoms with van der Waals surface area (Å²) < 4.78 is 26.0. The summed E-state index contributed by atoms with van der Waals surface area (Å²) in [4.78, 5) is 4.32. The van der Waals surface area contributed by atoms with E-state index in [4.69, 9.17) is 0 Å². The van der Waals surface area contributed by atoms with Gasteiger partial charge in [-0.05, 0) is 12.5 Å². The summed E-state index contributed by atoms with van der Waals surface area (Å²) >= 11 is 1.68. The van der Waals surface area contributed by atoms with Crippen LogP contribution in [0.5, 0.6) is 0 Å². The van der Waals surface area contributed by atoms with Crippen molar-refractivity contribution in [1.82, 2.24) is 5.32 Å². The van der Waals surface area contributed by atoms with Gasteiger partial charge in [-0.1, -0.05) is 24.8 Å². The molecule has 0 amide bonds. The first kappa shape index (κ1) is 12.4.